The lowest BCUT2D eigenvalue weighted by molar-refractivity contribution is 0.582. The zero-order valence-electron chi connectivity index (χ0n) is 10.2. The second-order valence-corrected chi connectivity index (χ2v) is 7.79. The van der Waals surface area contributed by atoms with E-state index in [9.17, 15) is 8.42 Å². The molecule has 0 N–H and O–H groups in total. The summed E-state index contributed by atoms with van der Waals surface area (Å²) in [6.07, 6.45) is 3.45. The van der Waals surface area contributed by atoms with E-state index in [4.69, 9.17) is 11.6 Å². The largest absolute Gasteiger partial charge is 0.254 e. The van der Waals surface area contributed by atoms with E-state index in [1.807, 2.05) is 0 Å². The Hall–Kier alpha value is -0.720. The summed E-state index contributed by atoms with van der Waals surface area (Å²) in [4.78, 5) is 8.52. The molecule has 0 amide bonds. The van der Waals surface area contributed by atoms with Crippen LogP contribution in [0.4, 0.5) is 0 Å². The van der Waals surface area contributed by atoms with E-state index < -0.39 is 15.1 Å². The number of aromatic nitrogens is 2. The third-order valence-corrected chi connectivity index (χ3v) is 5.75. The van der Waals surface area contributed by atoms with Crippen molar-refractivity contribution in [3.8, 4) is 0 Å². The number of rotatable bonds is 4. The van der Waals surface area contributed by atoms with Crippen molar-refractivity contribution in [1.29, 1.82) is 0 Å². The van der Waals surface area contributed by atoms with Crippen LogP contribution >= 0.6 is 27.5 Å². The molecule has 1 atom stereocenters. The highest BCUT2D eigenvalue weighted by Gasteiger charge is 2.25. The normalized spacial score (nSPS) is 13.6. The van der Waals surface area contributed by atoms with E-state index in [-0.39, 0.29) is 4.90 Å². The Kier molecular flexibility index (Phi) is 4.43. The van der Waals surface area contributed by atoms with Gasteiger partial charge in [0, 0.05) is 22.7 Å². The number of pyridine rings is 2. The van der Waals surface area contributed by atoms with Gasteiger partial charge in [0.2, 0.25) is 0 Å². The number of alkyl halides is 1. The Bertz CT molecular complexity index is 706. The van der Waals surface area contributed by atoms with Gasteiger partial charge in [-0.25, -0.2) is 8.42 Å². The van der Waals surface area contributed by atoms with Gasteiger partial charge in [0.1, 0.15) is 5.52 Å². The smallest absolute Gasteiger partial charge is 0.183 e. The summed E-state index contributed by atoms with van der Waals surface area (Å²) in [7, 11) is -3.44. The molecule has 0 aliphatic rings. The van der Waals surface area contributed by atoms with Crippen LogP contribution in [0.25, 0.3) is 11.0 Å². The van der Waals surface area contributed by atoms with Crippen LogP contribution in [0.3, 0.4) is 0 Å². The predicted octanol–water partition coefficient (Wildman–Crippen LogP) is 3.18. The maximum atomic E-state index is 12.5. The number of nitrogens with zero attached hydrogens (tertiary/aromatic N) is 2. The average molecular weight is 364 g/mol. The van der Waals surface area contributed by atoms with Gasteiger partial charge in [-0.2, -0.15) is 0 Å². The van der Waals surface area contributed by atoms with Crippen molar-refractivity contribution in [2.24, 2.45) is 0 Å². The lowest BCUT2D eigenvalue weighted by Crippen LogP contribution is -2.19. The minimum atomic E-state index is -3.44. The SMILES string of the molecule is CC(CCCl)S(=O)(=O)c1ccnc2cc(Br)cnc12. The fourth-order valence-corrected chi connectivity index (χ4v) is 4.05. The van der Waals surface area contributed by atoms with Crippen molar-refractivity contribution in [1.82, 2.24) is 9.97 Å². The summed E-state index contributed by atoms with van der Waals surface area (Å²) < 4.78 is 25.7. The van der Waals surface area contributed by atoms with Gasteiger partial charge in [-0.05, 0) is 41.4 Å². The summed E-state index contributed by atoms with van der Waals surface area (Å²) in [6, 6.07) is 3.23. The first-order chi connectivity index (χ1) is 8.96. The highest BCUT2D eigenvalue weighted by molar-refractivity contribution is 9.10. The van der Waals surface area contributed by atoms with E-state index >= 15 is 0 Å². The lowest BCUT2D eigenvalue weighted by atomic mass is 10.3. The van der Waals surface area contributed by atoms with Crippen molar-refractivity contribution >= 4 is 48.4 Å². The maximum absolute atomic E-state index is 12.5. The van der Waals surface area contributed by atoms with Crippen molar-refractivity contribution in [3.05, 3.63) is 29.0 Å². The van der Waals surface area contributed by atoms with Crippen LogP contribution in [-0.4, -0.2) is 29.5 Å². The Morgan fingerprint density at radius 2 is 2.16 bits per heavy atom. The molecular formula is C12H12BrClN2O2S. The maximum Gasteiger partial charge on any atom is 0.183 e. The highest BCUT2D eigenvalue weighted by Crippen LogP contribution is 2.25. The molecule has 0 aromatic carbocycles. The van der Waals surface area contributed by atoms with E-state index in [2.05, 4.69) is 25.9 Å². The van der Waals surface area contributed by atoms with Gasteiger partial charge < -0.3 is 0 Å². The summed E-state index contributed by atoms with van der Waals surface area (Å²) in [5, 5.41) is -0.541. The quantitative estimate of drug-likeness (QED) is 0.783. The van der Waals surface area contributed by atoms with Gasteiger partial charge >= 0.3 is 0 Å². The molecule has 0 saturated carbocycles. The van der Waals surface area contributed by atoms with E-state index in [1.165, 1.54) is 12.3 Å². The topological polar surface area (TPSA) is 59.9 Å². The lowest BCUT2D eigenvalue weighted by Gasteiger charge is -2.12. The molecule has 1 unspecified atom stereocenters. The summed E-state index contributed by atoms with van der Waals surface area (Å²) >= 11 is 8.92. The van der Waals surface area contributed by atoms with Gasteiger partial charge in [0.05, 0.1) is 15.7 Å². The van der Waals surface area contributed by atoms with Crippen molar-refractivity contribution < 1.29 is 8.42 Å². The summed E-state index contributed by atoms with van der Waals surface area (Å²) in [6.45, 7) is 1.66. The minimum absolute atomic E-state index is 0.211. The molecular weight excluding hydrogens is 352 g/mol. The third-order valence-electron chi connectivity index (χ3n) is 2.86. The average Bonchev–Trinajstić information content (AvgIpc) is 2.37. The molecule has 0 aliphatic heterocycles. The molecule has 2 aromatic heterocycles. The first-order valence-corrected chi connectivity index (χ1v) is 8.54. The van der Waals surface area contributed by atoms with E-state index in [0.717, 1.165) is 4.47 Å². The number of fused-ring (bicyclic) bond motifs is 1. The van der Waals surface area contributed by atoms with Crippen LogP contribution in [0.2, 0.25) is 0 Å². The Labute approximate surface area is 125 Å². The van der Waals surface area contributed by atoms with Crippen LogP contribution in [0, 0.1) is 0 Å². The molecule has 102 valence electrons. The molecule has 0 radical (unpaired) electrons. The fraction of sp³-hybridized carbons (Fsp3) is 0.333. The Morgan fingerprint density at radius 1 is 1.42 bits per heavy atom. The van der Waals surface area contributed by atoms with E-state index in [0.29, 0.717) is 23.3 Å². The van der Waals surface area contributed by atoms with E-state index in [1.54, 1.807) is 19.2 Å². The zero-order chi connectivity index (χ0) is 14.0. The first-order valence-electron chi connectivity index (χ1n) is 5.67. The molecule has 0 fully saturated rings. The van der Waals surface area contributed by atoms with Crippen molar-refractivity contribution in [2.75, 3.05) is 5.88 Å². The first kappa shape index (κ1) is 14.7. The molecule has 2 rings (SSSR count). The summed E-state index contributed by atoms with van der Waals surface area (Å²) in [5.41, 5.74) is 0.945. The molecule has 2 heterocycles. The molecule has 19 heavy (non-hydrogen) atoms. The van der Waals surface area contributed by atoms with Gasteiger partial charge in [0.15, 0.2) is 9.84 Å². The van der Waals surface area contributed by atoms with Gasteiger partial charge in [0.25, 0.3) is 0 Å². The minimum Gasteiger partial charge on any atom is -0.254 e. The molecule has 0 saturated heterocycles. The van der Waals surface area contributed by atoms with Gasteiger partial charge in [-0.15, -0.1) is 11.6 Å². The predicted molar refractivity (Wildman–Crippen MR) is 79.2 cm³/mol. The van der Waals surface area contributed by atoms with Crippen molar-refractivity contribution in [2.45, 2.75) is 23.5 Å². The van der Waals surface area contributed by atoms with Crippen LogP contribution in [-0.2, 0) is 9.84 Å². The van der Waals surface area contributed by atoms with Crippen molar-refractivity contribution in [3.63, 3.8) is 0 Å². The molecule has 4 nitrogen and oxygen atoms in total. The number of hydrogen-bond donors (Lipinski definition) is 0. The van der Waals surface area contributed by atoms with Gasteiger partial charge in [-0.3, -0.25) is 9.97 Å². The third kappa shape index (κ3) is 2.90. The van der Waals surface area contributed by atoms with Crippen LogP contribution in [0.1, 0.15) is 13.3 Å². The summed E-state index contributed by atoms with van der Waals surface area (Å²) in [5.74, 6) is 0.308. The standard InChI is InChI=1S/C12H12BrClN2O2S/c1-8(2-4-14)19(17,18)11-3-5-15-10-6-9(13)7-16-12(10)11/h3,5-8H,2,4H2,1H3. The molecule has 2 aromatic rings. The van der Waals surface area contributed by atoms with Gasteiger partial charge in [-0.1, -0.05) is 0 Å². The number of sulfone groups is 1. The molecule has 0 spiro atoms. The van der Waals surface area contributed by atoms with Crippen LogP contribution < -0.4 is 0 Å². The second kappa shape index (κ2) is 5.73. The zero-order valence-corrected chi connectivity index (χ0v) is 13.3. The number of hydrogen-bond acceptors (Lipinski definition) is 4. The highest BCUT2D eigenvalue weighted by atomic mass is 79.9. The molecule has 7 heteroatoms. The fourth-order valence-electron chi connectivity index (χ4n) is 1.74. The Balaban J connectivity index is 2.63. The van der Waals surface area contributed by atoms with Crippen LogP contribution in [0.15, 0.2) is 33.9 Å². The molecule has 0 bridgehead atoms. The van der Waals surface area contributed by atoms with Crippen LogP contribution in [0.5, 0.6) is 0 Å². The Morgan fingerprint density at radius 3 is 2.84 bits per heavy atom. The number of halogens is 2. The second-order valence-electron chi connectivity index (χ2n) is 4.16. The molecule has 0 aliphatic carbocycles. The monoisotopic (exact) mass is 362 g/mol.